The van der Waals surface area contributed by atoms with Crippen molar-refractivity contribution in [3.63, 3.8) is 0 Å². The molecule has 3 rings (SSSR count). The van der Waals surface area contributed by atoms with Crippen LogP contribution in [-0.4, -0.2) is 12.1 Å². The first kappa shape index (κ1) is 19.0. The number of aryl methyl sites for hydroxylation is 2. The van der Waals surface area contributed by atoms with Crippen molar-refractivity contribution >= 4 is 29.2 Å². The number of rotatable bonds is 4. The van der Waals surface area contributed by atoms with Gasteiger partial charge in [0, 0.05) is 17.1 Å². The molecule has 3 N–H and O–H groups in total. The molecule has 3 aromatic rings. The molecule has 0 spiro atoms. The molecule has 0 aliphatic heterocycles. The van der Waals surface area contributed by atoms with Gasteiger partial charge in [-0.2, -0.15) is 0 Å². The van der Waals surface area contributed by atoms with Crippen molar-refractivity contribution in [2.45, 2.75) is 13.8 Å². The molecule has 0 radical (unpaired) electrons. The van der Waals surface area contributed by atoms with E-state index in [9.17, 15) is 9.59 Å². The number of benzene rings is 3. The van der Waals surface area contributed by atoms with Crippen LogP contribution in [0.1, 0.15) is 11.1 Å². The molecule has 0 saturated heterocycles. The number of para-hydroxylation sites is 1. The Bertz CT molecular complexity index is 970. The molecule has 0 atom stereocenters. The average molecular weight is 375 g/mol. The lowest BCUT2D eigenvalue weighted by Crippen LogP contribution is -2.20. The Kier molecular flexibility index (Phi) is 5.91. The molecule has 6 heteroatoms. The van der Waals surface area contributed by atoms with Crippen LogP contribution >= 0.6 is 0 Å². The molecule has 28 heavy (non-hydrogen) atoms. The van der Waals surface area contributed by atoms with Crippen molar-refractivity contribution in [2.75, 3.05) is 16.0 Å². The fourth-order valence-corrected chi connectivity index (χ4v) is 2.50. The van der Waals surface area contributed by atoms with Gasteiger partial charge in [-0.05, 0) is 55.8 Å². The van der Waals surface area contributed by atoms with E-state index >= 15 is 0 Å². The minimum Gasteiger partial charge on any atom is -0.410 e. The lowest BCUT2D eigenvalue weighted by molar-refractivity contribution is 0.215. The third-order valence-corrected chi connectivity index (χ3v) is 4.00. The van der Waals surface area contributed by atoms with Crippen LogP contribution in [0, 0.1) is 13.8 Å². The van der Waals surface area contributed by atoms with E-state index in [0.29, 0.717) is 22.8 Å². The second-order valence-electron chi connectivity index (χ2n) is 6.30. The number of amides is 3. The summed E-state index contributed by atoms with van der Waals surface area (Å²) in [5.74, 6) is 0.456. The van der Waals surface area contributed by atoms with Crippen molar-refractivity contribution in [1.29, 1.82) is 0 Å². The quantitative estimate of drug-likeness (QED) is 0.559. The number of nitrogens with one attached hydrogen (secondary N) is 3. The highest BCUT2D eigenvalue weighted by Crippen LogP contribution is 2.21. The topological polar surface area (TPSA) is 79.5 Å². The number of urea groups is 1. The number of carbonyl (C=O) groups is 2. The van der Waals surface area contributed by atoms with Crippen molar-refractivity contribution in [3.8, 4) is 5.75 Å². The van der Waals surface area contributed by atoms with Gasteiger partial charge in [-0.3, -0.25) is 5.32 Å². The van der Waals surface area contributed by atoms with Gasteiger partial charge in [-0.1, -0.05) is 42.0 Å². The molecule has 0 heterocycles. The average Bonchev–Trinajstić information content (AvgIpc) is 2.67. The van der Waals surface area contributed by atoms with Gasteiger partial charge in [0.15, 0.2) is 0 Å². The number of hydrogen-bond donors (Lipinski definition) is 3. The van der Waals surface area contributed by atoms with E-state index in [2.05, 4.69) is 16.0 Å². The standard InChI is InChI=1S/C22H21N3O3/c1-15-8-12-19(13-9-15)28-22(27)25-20-14-18(11-10-16(20)2)24-21(26)23-17-6-4-3-5-7-17/h3-14H,1-2H3,(H,25,27)(H2,23,24,26). The minimum atomic E-state index is -0.599. The number of carbonyl (C=O) groups excluding carboxylic acids is 2. The zero-order chi connectivity index (χ0) is 19.9. The largest absolute Gasteiger partial charge is 0.417 e. The summed E-state index contributed by atoms with van der Waals surface area (Å²) in [6.07, 6.45) is -0.599. The number of ether oxygens (including phenoxy) is 1. The Hall–Kier alpha value is -3.80. The van der Waals surface area contributed by atoms with Gasteiger partial charge >= 0.3 is 12.1 Å². The van der Waals surface area contributed by atoms with Crippen LogP contribution in [0.2, 0.25) is 0 Å². The normalized spacial score (nSPS) is 10.1. The molecule has 0 aromatic heterocycles. The van der Waals surface area contributed by atoms with Gasteiger partial charge in [-0.25, -0.2) is 9.59 Å². The summed E-state index contributed by atoms with van der Waals surface area (Å²) in [6, 6.07) is 21.2. The molecule has 0 bridgehead atoms. The van der Waals surface area contributed by atoms with E-state index < -0.39 is 6.09 Å². The zero-order valence-electron chi connectivity index (χ0n) is 15.7. The molecular weight excluding hydrogens is 354 g/mol. The molecule has 3 amide bonds. The summed E-state index contributed by atoms with van der Waals surface area (Å²) in [6.45, 7) is 3.81. The zero-order valence-corrected chi connectivity index (χ0v) is 15.7. The van der Waals surface area contributed by atoms with Gasteiger partial charge in [0.2, 0.25) is 0 Å². The summed E-state index contributed by atoms with van der Waals surface area (Å²) < 4.78 is 5.28. The third kappa shape index (κ3) is 5.35. The maximum atomic E-state index is 12.2. The predicted molar refractivity (Wildman–Crippen MR) is 111 cm³/mol. The van der Waals surface area contributed by atoms with Crippen LogP contribution < -0.4 is 20.7 Å². The maximum absolute atomic E-state index is 12.2. The van der Waals surface area contributed by atoms with E-state index in [4.69, 9.17) is 4.74 Å². The van der Waals surface area contributed by atoms with Crippen LogP contribution in [0.25, 0.3) is 0 Å². The highest BCUT2D eigenvalue weighted by Gasteiger charge is 2.09. The van der Waals surface area contributed by atoms with Crippen molar-refractivity contribution in [1.82, 2.24) is 0 Å². The summed E-state index contributed by atoms with van der Waals surface area (Å²) >= 11 is 0. The predicted octanol–water partition coefficient (Wildman–Crippen LogP) is 5.56. The maximum Gasteiger partial charge on any atom is 0.417 e. The number of hydrogen-bond acceptors (Lipinski definition) is 3. The summed E-state index contributed by atoms with van der Waals surface area (Å²) in [4.78, 5) is 24.3. The highest BCUT2D eigenvalue weighted by atomic mass is 16.6. The molecule has 0 aliphatic rings. The second-order valence-corrected chi connectivity index (χ2v) is 6.30. The van der Waals surface area contributed by atoms with Crippen LogP contribution in [0.4, 0.5) is 26.7 Å². The van der Waals surface area contributed by atoms with Crippen molar-refractivity contribution in [3.05, 3.63) is 83.9 Å². The first-order valence-electron chi connectivity index (χ1n) is 8.79. The van der Waals surface area contributed by atoms with Gasteiger partial charge in [-0.15, -0.1) is 0 Å². The molecular formula is C22H21N3O3. The Balaban J connectivity index is 1.63. The molecule has 0 unspecified atom stereocenters. The van der Waals surface area contributed by atoms with Crippen LogP contribution in [-0.2, 0) is 0 Å². The molecule has 6 nitrogen and oxygen atoms in total. The highest BCUT2D eigenvalue weighted by molar-refractivity contribution is 6.00. The Morgan fingerprint density at radius 1 is 0.750 bits per heavy atom. The minimum absolute atomic E-state index is 0.372. The van der Waals surface area contributed by atoms with Gasteiger partial charge in [0.05, 0.1) is 0 Å². The van der Waals surface area contributed by atoms with E-state index in [0.717, 1.165) is 11.1 Å². The van der Waals surface area contributed by atoms with Crippen LogP contribution in [0.15, 0.2) is 72.8 Å². The Morgan fingerprint density at radius 3 is 2.14 bits per heavy atom. The first-order valence-corrected chi connectivity index (χ1v) is 8.79. The Labute approximate surface area is 163 Å². The van der Waals surface area contributed by atoms with Crippen LogP contribution in [0.5, 0.6) is 5.75 Å². The lowest BCUT2D eigenvalue weighted by atomic mass is 10.2. The summed E-state index contributed by atoms with van der Waals surface area (Å²) in [5, 5.41) is 8.19. The second kappa shape index (κ2) is 8.73. The molecule has 142 valence electrons. The van der Waals surface area contributed by atoms with Crippen LogP contribution in [0.3, 0.4) is 0 Å². The summed E-state index contributed by atoms with van der Waals surface area (Å²) in [7, 11) is 0. The summed E-state index contributed by atoms with van der Waals surface area (Å²) in [5.41, 5.74) is 3.71. The molecule has 0 saturated carbocycles. The van der Waals surface area contributed by atoms with E-state index in [-0.39, 0.29) is 6.03 Å². The molecule has 3 aromatic carbocycles. The fourth-order valence-electron chi connectivity index (χ4n) is 2.50. The fraction of sp³-hybridized carbons (Fsp3) is 0.0909. The van der Waals surface area contributed by atoms with Gasteiger partial charge in [0.25, 0.3) is 0 Å². The molecule has 0 fully saturated rings. The van der Waals surface area contributed by atoms with Gasteiger partial charge < -0.3 is 15.4 Å². The number of anilines is 3. The first-order chi connectivity index (χ1) is 13.5. The lowest BCUT2D eigenvalue weighted by Gasteiger charge is -2.12. The smallest absolute Gasteiger partial charge is 0.410 e. The monoisotopic (exact) mass is 375 g/mol. The Morgan fingerprint density at radius 2 is 1.43 bits per heavy atom. The molecule has 0 aliphatic carbocycles. The van der Waals surface area contributed by atoms with Crippen molar-refractivity contribution in [2.24, 2.45) is 0 Å². The third-order valence-electron chi connectivity index (χ3n) is 4.00. The van der Waals surface area contributed by atoms with Gasteiger partial charge in [0.1, 0.15) is 5.75 Å². The van der Waals surface area contributed by atoms with Crippen molar-refractivity contribution < 1.29 is 14.3 Å². The van der Waals surface area contributed by atoms with E-state index in [1.807, 2.05) is 44.2 Å². The van der Waals surface area contributed by atoms with E-state index in [1.165, 1.54) is 0 Å². The van der Waals surface area contributed by atoms with E-state index in [1.54, 1.807) is 42.5 Å². The SMILES string of the molecule is Cc1ccc(OC(=O)Nc2cc(NC(=O)Nc3ccccc3)ccc2C)cc1.